The molecule has 1 atom stereocenters. The Hall–Kier alpha value is -2.26. The van der Waals surface area contributed by atoms with Crippen molar-refractivity contribution in [1.82, 2.24) is 19.9 Å². The molecule has 0 radical (unpaired) electrons. The highest BCUT2D eigenvalue weighted by Crippen LogP contribution is 2.35. The minimum Gasteiger partial charge on any atom is -0.349 e. The van der Waals surface area contributed by atoms with Crippen LogP contribution in [0.15, 0.2) is 27.7 Å². The summed E-state index contributed by atoms with van der Waals surface area (Å²) in [6, 6.07) is 5.09. The lowest BCUT2D eigenvalue weighted by Crippen LogP contribution is -2.32. The van der Waals surface area contributed by atoms with Gasteiger partial charge in [0.2, 0.25) is 15.9 Å². The van der Waals surface area contributed by atoms with Gasteiger partial charge in [-0.25, -0.2) is 13.0 Å². The van der Waals surface area contributed by atoms with E-state index in [-0.39, 0.29) is 29.3 Å². The number of carbonyl (C=O) groups excluding carboxylic acids is 1. The summed E-state index contributed by atoms with van der Waals surface area (Å²) >= 11 is 0. The van der Waals surface area contributed by atoms with Gasteiger partial charge in [0.1, 0.15) is 11.4 Å². The van der Waals surface area contributed by atoms with Crippen LogP contribution in [0.1, 0.15) is 60.7 Å². The molecule has 0 unspecified atom stereocenters. The molecular weight excluding hydrogens is 392 g/mol. The van der Waals surface area contributed by atoms with E-state index < -0.39 is 10.0 Å². The monoisotopic (exact) mass is 418 g/mol. The van der Waals surface area contributed by atoms with Gasteiger partial charge in [0, 0.05) is 13.0 Å². The predicted octanol–water partition coefficient (Wildman–Crippen LogP) is 2.49. The molecule has 2 aliphatic rings. The SMILES string of the molecule is Cc1nonc1CN(C)S(=O)(=O)c1ccc2c(c1)[C@H](NC(=O)C1CCCC1)CC2. The van der Waals surface area contributed by atoms with E-state index in [1.165, 1.54) is 11.4 Å². The van der Waals surface area contributed by atoms with Gasteiger partial charge in [-0.3, -0.25) is 4.79 Å². The van der Waals surface area contributed by atoms with Crippen molar-refractivity contribution in [2.75, 3.05) is 7.05 Å². The summed E-state index contributed by atoms with van der Waals surface area (Å²) in [6.45, 7) is 1.80. The largest absolute Gasteiger partial charge is 0.349 e. The van der Waals surface area contributed by atoms with E-state index >= 15 is 0 Å². The summed E-state index contributed by atoms with van der Waals surface area (Å²) in [6.07, 6.45) is 5.74. The first-order chi connectivity index (χ1) is 13.9. The van der Waals surface area contributed by atoms with Gasteiger partial charge in [-0.05, 0) is 55.9 Å². The number of nitrogens with one attached hydrogen (secondary N) is 1. The van der Waals surface area contributed by atoms with Gasteiger partial charge in [0.25, 0.3) is 0 Å². The van der Waals surface area contributed by atoms with Crippen molar-refractivity contribution < 1.29 is 17.8 Å². The van der Waals surface area contributed by atoms with Gasteiger partial charge in [-0.15, -0.1) is 0 Å². The first-order valence-electron chi connectivity index (χ1n) is 10.0. The predicted molar refractivity (Wildman–Crippen MR) is 105 cm³/mol. The Bertz CT molecular complexity index is 1010. The first kappa shape index (κ1) is 20.0. The van der Waals surface area contributed by atoms with Crippen molar-refractivity contribution in [1.29, 1.82) is 0 Å². The number of hydrogen-bond acceptors (Lipinski definition) is 6. The number of aryl methyl sites for hydroxylation is 2. The Kier molecular flexibility index (Phi) is 5.44. The maximum Gasteiger partial charge on any atom is 0.243 e. The fourth-order valence-corrected chi connectivity index (χ4v) is 5.41. The summed E-state index contributed by atoms with van der Waals surface area (Å²) in [5.41, 5.74) is 3.06. The van der Waals surface area contributed by atoms with Crippen molar-refractivity contribution in [3.8, 4) is 0 Å². The second-order valence-corrected chi connectivity index (χ2v) is 10.0. The first-order valence-corrected chi connectivity index (χ1v) is 11.5. The molecule has 8 nitrogen and oxygen atoms in total. The van der Waals surface area contributed by atoms with E-state index in [0.29, 0.717) is 11.4 Å². The molecule has 0 aliphatic heterocycles. The van der Waals surface area contributed by atoms with E-state index in [4.69, 9.17) is 0 Å². The van der Waals surface area contributed by atoms with E-state index in [2.05, 4.69) is 20.3 Å². The number of rotatable bonds is 6. The summed E-state index contributed by atoms with van der Waals surface area (Å²) in [5, 5.41) is 10.6. The molecule has 9 heteroatoms. The summed E-state index contributed by atoms with van der Waals surface area (Å²) in [4.78, 5) is 12.8. The summed E-state index contributed by atoms with van der Waals surface area (Å²) < 4.78 is 32.0. The molecule has 2 aromatic rings. The molecule has 0 bridgehead atoms. The maximum absolute atomic E-state index is 13.1. The number of sulfonamides is 1. The van der Waals surface area contributed by atoms with Gasteiger partial charge in [0.05, 0.1) is 17.5 Å². The molecule has 1 aromatic heterocycles. The van der Waals surface area contributed by atoms with Crippen molar-refractivity contribution in [3.05, 3.63) is 40.7 Å². The maximum atomic E-state index is 13.1. The standard InChI is InChI=1S/C20H26N4O4S/c1-13-19(23-28-22-13)12-24(2)29(26,27)16-9-7-14-8-10-18(17(14)11-16)21-20(25)15-5-3-4-6-15/h7,9,11,15,18H,3-6,8,10,12H2,1-2H3,(H,21,25)/t18-/m1/s1. The van der Waals surface area contributed by atoms with Crippen LogP contribution in [0, 0.1) is 12.8 Å². The molecular formula is C20H26N4O4S. The van der Waals surface area contributed by atoms with Crippen LogP contribution in [-0.4, -0.2) is 36.0 Å². The Morgan fingerprint density at radius 1 is 1.24 bits per heavy atom. The summed E-state index contributed by atoms with van der Waals surface area (Å²) in [7, 11) is -2.20. The van der Waals surface area contributed by atoms with E-state index in [0.717, 1.165) is 49.7 Å². The molecule has 1 heterocycles. The van der Waals surface area contributed by atoms with Gasteiger partial charge in [0.15, 0.2) is 0 Å². The molecule has 4 rings (SSSR count). The van der Waals surface area contributed by atoms with Crippen molar-refractivity contribution in [3.63, 3.8) is 0 Å². The molecule has 156 valence electrons. The Morgan fingerprint density at radius 2 is 2.00 bits per heavy atom. The average Bonchev–Trinajstić information content (AvgIpc) is 3.44. The van der Waals surface area contributed by atoms with Crippen molar-refractivity contribution in [2.24, 2.45) is 5.92 Å². The average molecular weight is 419 g/mol. The number of aromatic nitrogens is 2. The van der Waals surface area contributed by atoms with Crippen LogP contribution in [0.2, 0.25) is 0 Å². The Morgan fingerprint density at radius 3 is 2.69 bits per heavy atom. The van der Waals surface area contributed by atoms with Crippen LogP contribution in [0.3, 0.4) is 0 Å². The van der Waals surface area contributed by atoms with Crippen LogP contribution in [0.5, 0.6) is 0 Å². The quantitative estimate of drug-likeness (QED) is 0.773. The highest BCUT2D eigenvalue weighted by atomic mass is 32.2. The third-order valence-corrected chi connectivity index (χ3v) is 7.86. The molecule has 1 amide bonds. The van der Waals surface area contributed by atoms with E-state index in [1.54, 1.807) is 19.1 Å². The normalized spacial score (nSPS) is 19.6. The lowest BCUT2D eigenvalue weighted by atomic mass is 10.0. The molecule has 2 aliphatic carbocycles. The van der Waals surface area contributed by atoms with Crippen LogP contribution in [-0.2, 0) is 27.8 Å². The van der Waals surface area contributed by atoms with Gasteiger partial charge in [-0.2, -0.15) is 4.31 Å². The zero-order valence-corrected chi connectivity index (χ0v) is 17.5. The smallest absolute Gasteiger partial charge is 0.243 e. The number of benzene rings is 1. The highest BCUT2D eigenvalue weighted by Gasteiger charge is 2.31. The number of carbonyl (C=O) groups is 1. The molecule has 1 saturated carbocycles. The lowest BCUT2D eigenvalue weighted by Gasteiger charge is -2.19. The number of amides is 1. The number of fused-ring (bicyclic) bond motifs is 1. The van der Waals surface area contributed by atoms with Crippen LogP contribution < -0.4 is 5.32 Å². The third kappa shape index (κ3) is 3.93. The van der Waals surface area contributed by atoms with Gasteiger partial charge >= 0.3 is 0 Å². The van der Waals surface area contributed by atoms with Crippen molar-refractivity contribution in [2.45, 2.75) is 62.9 Å². The lowest BCUT2D eigenvalue weighted by molar-refractivity contribution is -0.125. The highest BCUT2D eigenvalue weighted by molar-refractivity contribution is 7.89. The number of nitrogens with zero attached hydrogens (tertiary/aromatic N) is 3. The topological polar surface area (TPSA) is 105 Å². The van der Waals surface area contributed by atoms with Gasteiger partial charge < -0.3 is 5.32 Å². The van der Waals surface area contributed by atoms with E-state index in [1.807, 2.05) is 6.07 Å². The zero-order valence-electron chi connectivity index (χ0n) is 16.7. The fraction of sp³-hybridized carbons (Fsp3) is 0.550. The van der Waals surface area contributed by atoms with E-state index in [9.17, 15) is 13.2 Å². The van der Waals surface area contributed by atoms with Crippen LogP contribution in [0.25, 0.3) is 0 Å². The molecule has 0 spiro atoms. The minimum absolute atomic E-state index is 0.0800. The summed E-state index contributed by atoms with van der Waals surface area (Å²) in [5.74, 6) is 0.191. The Balaban J connectivity index is 1.53. The van der Waals surface area contributed by atoms with Gasteiger partial charge in [-0.1, -0.05) is 29.2 Å². The molecule has 0 saturated heterocycles. The molecule has 1 fully saturated rings. The molecule has 1 aromatic carbocycles. The second-order valence-electron chi connectivity index (χ2n) is 8.00. The fourth-order valence-electron chi connectivity index (χ4n) is 4.24. The van der Waals surface area contributed by atoms with Crippen LogP contribution >= 0.6 is 0 Å². The zero-order chi connectivity index (χ0) is 20.6. The molecule has 1 N–H and O–H groups in total. The third-order valence-electron chi connectivity index (χ3n) is 6.06. The number of hydrogen-bond donors (Lipinski definition) is 1. The molecule has 29 heavy (non-hydrogen) atoms. The Labute approximate surface area is 170 Å². The minimum atomic E-state index is -3.71. The van der Waals surface area contributed by atoms with Crippen LogP contribution in [0.4, 0.5) is 0 Å². The van der Waals surface area contributed by atoms with Crippen molar-refractivity contribution >= 4 is 15.9 Å². The second kappa shape index (κ2) is 7.87.